The standard InChI is InChI=1S/C17H17NO2/c1-2-8-16-15(7-1)12-14(13-18-16)6-5-11-20-17-9-3-4-10-19-17/h1-2,7-8,12-13,17H,3-4,9-11H2. The predicted molar refractivity (Wildman–Crippen MR) is 78.2 cm³/mol. The van der Waals surface area contributed by atoms with E-state index in [2.05, 4.69) is 16.8 Å². The average molecular weight is 267 g/mol. The van der Waals surface area contributed by atoms with Crippen LogP contribution >= 0.6 is 0 Å². The van der Waals surface area contributed by atoms with Gasteiger partial charge in [0.2, 0.25) is 0 Å². The molecule has 0 N–H and O–H groups in total. The Morgan fingerprint density at radius 2 is 2.25 bits per heavy atom. The second-order valence-corrected chi connectivity index (χ2v) is 4.83. The summed E-state index contributed by atoms with van der Waals surface area (Å²) in [4.78, 5) is 4.38. The van der Waals surface area contributed by atoms with Crippen LogP contribution in [0.2, 0.25) is 0 Å². The van der Waals surface area contributed by atoms with Crippen molar-refractivity contribution >= 4 is 10.9 Å². The van der Waals surface area contributed by atoms with E-state index in [1.807, 2.05) is 30.3 Å². The molecule has 0 bridgehead atoms. The fourth-order valence-electron chi connectivity index (χ4n) is 2.25. The number of fused-ring (bicyclic) bond motifs is 1. The van der Waals surface area contributed by atoms with Gasteiger partial charge in [-0.25, -0.2) is 0 Å². The molecule has 1 atom stereocenters. The first-order valence-corrected chi connectivity index (χ1v) is 6.99. The first-order chi connectivity index (χ1) is 9.92. The van der Waals surface area contributed by atoms with Crippen LogP contribution in [0.15, 0.2) is 36.5 Å². The monoisotopic (exact) mass is 267 g/mol. The lowest BCUT2D eigenvalue weighted by atomic mass is 10.2. The molecule has 1 aromatic heterocycles. The van der Waals surface area contributed by atoms with Gasteiger partial charge < -0.3 is 9.47 Å². The molecule has 0 radical (unpaired) electrons. The third-order valence-corrected chi connectivity index (χ3v) is 3.30. The number of ether oxygens (including phenoxy) is 2. The molecule has 102 valence electrons. The smallest absolute Gasteiger partial charge is 0.158 e. The number of nitrogens with zero attached hydrogens (tertiary/aromatic N) is 1. The van der Waals surface area contributed by atoms with Crippen molar-refractivity contribution in [2.24, 2.45) is 0 Å². The zero-order valence-electron chi connectivity index (χ0n) is 11.3. The molecule has 3 nitrogen and oxygen atoms in total. The second-order valence-electron chi connectivity index (χ2n) is 4.83. The van der Waals surface area contributed by atoms with Crippen molar-refractivity contribution < 1.29 is 9.47 Å². The highest BCUT2D eigenvalue weighted by molar-refractivity contribution is 5.79. The highest BCUT2D eigenvalue weighted by Crippen LogP contribution is 2.13. The summed E-state index contributed by atoms with van der Waals surface area (Å²) in [5.41, 5.74) is 1.90. The highest BCUT2D eigenvalue weighted by atomic mass is 16.7. The number of hydrogen-bond donors (Lipinski definition) is 0. The van der Waals surface area contributed by atoms with Crippen molar-refractivity contribution in [1.82, 2.24) is 4.98 Å². The van der Waals surface area contributed by atoms with Crippen LogP contribution in [0.4, 0.5) is 0 Å². The van der Waals surface area contributed by atoms with E-state index in [0.29, 0.717) is 6.61 Å². The van der Waals surface area contributed by atoms with Crippen molar-refractivity contribution in [3.05, 3.63) is 42.1 Å². The maximum absolute atomic E-state index is 5.58. The van der Waals surface area contributed by atoms with Gasteiger partial charge in [0, 0.05) is 23.8 Å². The van der Waals surface area contributed by atoms with Gasteiger partial charge in [0.1, 0.15) is 6.61 Å². The summed E-state index contributed by atoms with van der Waals surface area (Å²) in [6, 6.07) is 10.1. The number of hydrogen-bond acceptors (Lipinski definition) is 3. The average Bonchev–Trinajstić information content (AvgIpc) is 2.52. The lowest BCUT2D eigenvalue weighted by Gasteiger charge is -2.21. The number of aromatic nitrogens is 1. The van der Waals surface area contributed by atoms with Crippen LogP contribution < -0.4 is 0 Å². The molecule has 1 fully saturated rings. The largest absolute Gasteiger partial charge is 0.353 e. The molecule has 1 saturated heterocycles. The molecule has 2 aromatic rings. The van der Waals surface area contributed by atoms with Gasteiger partial charge in [-0.05, 0) is 31.4 Å². The first kappa shape index (κ1) is 13.1. The molecule has 0 spiro atoms. The Balaban J connectivity index is 1.60. The normalized spacial score (nSPS) is 18.5. The van der Waals surface area contributed by atoms with Crippen LogP contribution in [0.3, 0.4) is 0 Å². The van der Waals surface area contributed by atoms with Crippen molar-refractivity contribution in [2.45, 2.75) is 25.6 Å². The van der Waals surface area contributed by atoms with Crippen LogP contribution in [0.5, 0.6) is 0 Å². The molecule has 0 aliphatic carbocycles. The number of para-hydroxylation sites is 1. The molecule has 1 aromatic carbocycles. The lowest BCUT2D eigenvalue weighted by molar-refractivity contribution is -0.154. The third kappa shape index (κ3) is 3.36. The maximum Gasteiger partial charge on any atom is 0.158 e. The van der Waals surface area contributed by atoms with Gasteiger partial charge in [-0.1, -0.05) is 30.0 Å². The van der Waals surface area contributed by atoms with Gasteiger partial charge in [0.15, 0.2) is 6.29 Å². The molecule has 1 aliphatic rings. The Labute approximate surface area is 118 Å². The Kier molecular flexibility index (Phi) is 4.27. The summed E-state index contributed by atoms with van der Waals surface area (Å²) in [6.45, 7) is 1.20. The molecule has 3 heteroatoms. The van der Waals surface area contributed by atoms with E-state index in [9.17, 15) is 0 Å². The zero-order valence-corrected chi connectivity index (χ0v) is 11.3. The minimum Gasteiger partial charge on any atom is -0.353 e. The van der Waals surface area contributed by atoms with E-state index < -0.39 is 0 Å². The van der Waals surface area contributed by atoms with E-state index in [1.165, 1.54) is 6.42 Å². The Bertz CT molecular complexity index is 636. The number of benzene rings is 1. The van der Waals surface area contributed by atoms with E-state index in [0.717, 1.165) is 35.9 Å². The highest BCUT2D eigenvalue weighted by Gasteiger charge is 2.12. The van der Waals surface area contributed by atoms with Gasteiger partial charge >= 0.3 is 0 Å². The molecule has 2 heterocycles. The summed E-state index contributed by atoms with van der Waals surface area (Å²) in [6.07, 6.45) is 5.00. The minimum atomic E-state index is -0.0761. The van der Waals surface area contributed by atoms with Gasteiger partial charge in [0.05, 0.1) is 5.52 Å². The van der Waals surface area contributed by atoms with Gasteiger partial charge in [-0.15, -0.1) is 0 Å². The molecular weight excluding hydrogens is 250 g/mol. The third-order valence-electron chi connectivity index (χ3n) is 3.30. The van der Waals surface area contributed by atoms with Crippen molar-refractivity contribution in [3.63, 3.8) is 0 Å². The fraction of sp³-hybridized carbons (Fsp3) is 0.353. The molecule has 3 rings (SSSR count). The van der Waals surface area contributed by atoms with E-state index in [4.69, 9.17) is 9.47 Å². The summed E-state index contributed by atoms with van der Waals surface area (Å²) in [7, 11) is 0. The Morgan fingerprint density at radius 1 is 1.30 bits per heavy atom. The van der Waals surface area contributed by atoms with Gasteiger partial charge in [-0.2, -0.15) is 0 Å². The summed E-state index contributed by atoms with van der Waals surface area (Å²) >= 11 is 0. The molecule has 20 heavy (non-hydrogen) atoms. The predicted octanol–water partition coefficient (Wildman–Crippen LogP) is 3.13. The summed E-state index contributed by atoms with van der Waals surface area (Å²) in [5.74, 6) is 6.10. The van der Waals surface area contributed by atoms with Crippen LogP contribution in [0, 0.1) is 11.8 Å². The SMILES string of the molecule is C(#Cc1cnc2ccccc2c1)COC1CCCCO1. The molecular formula is C17H17NO2. The maximum atomic E-state index is 5.58. The van der Waals surface area contributed by atoms with Crippen LogP contribution in [0.1, 0.15) is 24.8 Å². The van der Waals surface area contributed by atoms with Crippen molar-refractivity contribution in [3.8, 4) is 11.8 Å². The topological polar surface area (TPSA) is 31.4 Å². The van der Waals surface area contributed by atoms with Gasteiger partial charge in [0.25, 0.3) is 0 Å². The Hall–Kier alpha value is -1.89. The summed E-state index contributed by atoms with van der Waals surface area (Å²) < 4.78 is 11.1. The quantitative estimate of drug-likeness (QED) is 0.783. The van der Waals surface area contributed by atoms with Crippen LogP contribution in [-0.4, -0.2) is 24.5 Å². The number of pyridine rings is 1. The fourth-order valence-corrected chi connectivity index (χ4v) is 2.25. The second kappa shape index (κ2) is 6.51. The first-order valence-electron chi connectivity index (χ1n) is 6.99. The van der Waals surface area contributed by atoms with Crippen molar-refractivity contribution in [2.75, 3.05) is 13.2 Å². The van der Waals surface area contributed by atoms with E-state index in [-0.39, 0.29) is 6.29 Å². The molecule has 1 aliphatic heterocycles. The molecule has 0 amide bonds. The number of rotatable bonds is 2. The van der Waals surface area contributed by atoms with Crippen LogP contribution in [-0.2, 0) is 9.47 Å². The summed E-state index contributed by atoms with van der Waals surface area (Å²) in [5, 5.41) is 1.11. The Morgan fingerprint density at radius 3 is 3.15 bits per heavy atom. The molecule has 1 unspecified atom stereocenters. The van der Waals surface area contributed by atoms with E-state index in [1.54, 1.807) is 6.20 Å². The van der Waals surface area contributed by atoms with E-state index >= 15 is 0 Å². The van der Waals surface area contributed by atoms with Crippen LogP contribution in [0.25, 0.3) is 10.9 Å². The minimum absolute atomic E-state index is 0.0761. The zero-order chi connectivity index (χ0) is 13.6. The lowest BCUT2D eigenvalue weighted by Crippen LogP contribution is -2.22. The van der Waals surface area contributed by atoms with Crippen molar-refractivity contribution in [1.29, 1.82) is 0 Å². The molecule has 0 saturated carbocycles. The van der Waals surface area contributed by atoms with Gasteiger partial charge in [-0.3, -0.25) is 4.98 Å².